The maximum absolute atomic E-state index is 13.8. The van der Waals surface area contributed by atoms with E-state index in [4.69, 9.17) is 16.3 Å². The Morgan fingerprint density at radius 3 is 2.59 bits per heavy atom. The van der Waals surface area contributed by atoms with E-state index in [9.17, 15) is 9.18 Å². The van der Waals surface area contributed by atoms with E-state index < -0.39 is 5.82 Å². The number of benzene rings is 2. The Balaban J connectivity index is 1.89. The first-order valence-electron chi connectivity index (χ1n) is 6.42. The lowest BCUT2D eigenvalue weighted by Crippen LogP contribution is -2.15. The molecule has 0 radical (unpaired) electrons. The summed E-state index contributed by atoms with van der Waals surface area (Å²) in [6, 6.07) is 11.2. The average molecular weight is 320 g/mol. The van der Waals surface area contributed by atoms with E-state index in [1.54, 1.807) is 37.3 Å². The number of H-pyrrole nitrogens is 1. The predicted octanol–water partition coefficient (Wildman–Crippen LogP) is 3.45. The third-order valence-corrected chi connectivity index (χ3v) is 3.37. The molecule has 0 bridgehead atoms. The number of hydrogen-bond acceptors (Lipinski definition) is 3. The number of hydrogen-bond donors (Lipinski definition) is 1. The second kappa shape index (κ2) is 5.65. The van der Waals surface area contributed by atoms with Gasteiger partial charge in [-0.25, -0.2) is 18.9 Å². The second-order valence-electron chi connectivity index (χ2n) is 4.56. The van der Waals surface area contributed by atoms with Gasteiger partial charge in [-0.05, 0) is 43.3 Å². The van der Waals surface area contributed by atoms with Crippen molar-refractivity contribution in [2.75, 3.05) is 0 Å². The molecule has 0 atom stereocenters. The van der Waals surface area contributed by atoms with Crippen molar-refractivity contribution in [1.29, 1.82) is 0 Å². The molecule has 0 fully saturated rings. The molecule has 0 aliphatic rings. The van der Waals surface area contributed by atoms with Crippen LogP contribution in [0.25, 0.3) is 5.69 Å². The maximum Gasteiger partial charge on any atom is 0.347 e. The second-order valence-corrected chi connectivity index (χ2v) is 4.97. The van der Waals surface area contributed by atoms with Gasteiger partial charge in [-0.1, -0.05) is 17.7 Å². The molecule has 2 aromatic carbocycles. The van der Waals surface area contributed by atoms with Crippen LogP contribution in [0.4, 0.5) is 4.39 Å². The van der Waals surface area contributed by atoms with Crippen molar-refractivity contribution >= 4 is 11.6 Å². The Morgan fingerprint density at radius 1 is 1.23 bits per heavy atom. The summed E-state index contributed by atoms with van der Waals surface area (Å²) >= 11 is 5.70. The van der Waals surface area contributed by atoms with Gasteiger partial charge in [0, 0.05) is 0 Å². The molecule has 3 rings (SSSR count). The molecule has 0 saturated carbocycles. The third-order valence-electron chi connectivity index (χ3n) is 3.08. The van der Waals surface area contributed by atoms with E-state index in [1.165, 1.54) is 16.7 Å². The molecular formula is C15H11ClFN3O2. The predicted molar refractivity (Wildman–Crippen MR) is 80.4 cm³/mol. The molecule has 0 spiro atoms. The molecule has 7 heteroatoms. The van der Waals surface area contributed by atoms with E-state index in [0.29, 0.717) is 17.3 Å². The van der Waals surface area contributed by atoms with Gasteiger partial charge in [-0.15, -0.1) is 0 Å². The highest BCUT2D eigenvalue weighted by Crippen LogP contribution is 2.29. The SMILES string of the molecule is Cc1n[nH]c(=O)n1-c1ccc(Oc2cccc(Cl)c2F)cc1. The van der Waals surface area contributed by atoms with Gasteiger partial charge in [0.05, 0.1) is 10.7 Å². The van der Waals surface area contributed by atoms with Crippen molar-refractivity contribution < 1.29 is 9.13 Å². The lowest BCUT2D eigenvalue weighted by molar-refractivity contribution is 0.442. The summed E-state index contributed by atoms with van der Waals surface area (Å²) in [5, 5.41) is 6.19. The normalized spacial score (nSPS) is 10.7. The third kappa shape index (κ3) is 2.60. The molecule has 0 saturated heterocycles. The lowest BCUT2D eigenvalue weighted by Gasteiger charge is -2.08. The van der Waals surface area contributed by atoms with Gasteiger partial charge in [0.1, 0.15) is 11.6 Å². The van der Waals surface area contributed by atoms with Crippen LogP contribution in [-0.2, 0) is 0 Å². The fourth-order valence-electron chi connectivity index (χ4n) is 2.03. The van der Waals surface area contributed by atoms with E-state index in [2.05, 4.69) is 10.2 Å². The van der Waals surface area contributed by atoms with Crippen LogP contribution in [-0.4, -0.2) is 14.8 Å². The Bertz CT molecular complexity index is 871. The monoisotopic (exact) mass is 319 g/mol. The molecule has 112 valence electrons. The van der Waals surface area contributed by atoms with Crippen molar-refractivity contribution in [3.63, 3.8) is 0 Å². The number of halogens is 2. The molecule has 1 aromatic heterocycles. The largest absolute Gasteiger partial charge is 0.454 e. The van der Waals surface area contributed by atoms with Crippen LogP contribution in [0.1, 0.15) is 5.82 Å². The Morgan fingerprint density at radius 2 is 1.95 bits per heavy atom. The summed E-state index contributed by atoms with van der Waals surface area (Å²) in [5.74, 6) is 0.394. The van der Waals surface area contributed by atoms with Gasteiger partial charge in [-0.3, -0.25) is 0 Å². The van der Waals surface area contributed by atoms with Gasteiger partial charge in [0.25, 0.3) is 0 Å². The molecule has 3 aromatic rings. The Hall–Kier alpha value is -2.60. The van der Waals surface area contributed by atoms with Crippen LogP contribution < -0.4 is 10.4 Å². The summed E-state index contributed by atoms with van der Waals surface area (Å²) in [4.78, 5) is 11.6. The quantitative estimate of drug-likeness (QED) is 0.804. The fraction of sp³-hybridized carbons (Fsp3) is 0.0667. The highest BCUT2D eigenvalue weighted by atomic mass is 35.5. The van der Waals surface area contributed by atoms with Crippen molar-refractivity contribution in [1.82, 2.24) is 14.8 Å². The highest BCUT2D eigenvalue weighted by Gasteiger charge is 2.10. The highest BCUT2D eigenvalue weighted by molar-refractivity contribution is 6.30. The smallest absolute Gasteiger partial charge is 0.347 e. The fourth-order valence-corrected chi connectivity index (χ4v) is 2.20. The van der Waals surface area contributed by atoms with E-state index in [0.717, 1.165) is 0 Å². The van der Waals surface area contributed by atoms with Crippen LogP contribution in [0.15, 0.2) is 47.3 Å². The lowest BCUT2D eigenvalue weighted by atomic mass is 10.3. The summed E-state index contributed by atoms with van der Waals surface area (Å²) in [6.07, 6.45) is 0. The van der Waals surface area contributed by atoms with Crippen LogP contribution in [0.5, 0.6) is 11.5 Å². The Kier molecular flexibility index (Phi) is 3.68. The van der Waals surface area contributed by atoms with E-state index in [1.807, 2.05) is 0 Å². The molecule has 22 heavy (non-hydrogen) atoms. The standard InChI is InChI=1S/C15H11ClFN3O2/c1-9-18-19-15(21)20(9)10-5-7-11(8-6-10)22-13-4-2-3-12(16)14(13)17/h2-8H,1H3,(H,19,21). The van der Waals surface area contributed by atoms with Crippen molar-refractivity contribution in [3.8, 4) is 17.2 Å². The minimum atomic E-state index is -0.616. The van der Waals surface area contributed by atoms with Crippen LogP contribution >= 0.6 is 11.6 Å². The maximum atomic E-state index is 13.8. The zero-order valence-electron chi connectivity index (χ0n) is 11.5. The summed E-state index contributed by atoms with van der Waals surface area (Å²) in [7, 11) is 0. The van der Waals surface area contributed by atoms with Crippen LogP contribution in [0.2, 0.25) is 5.02 Å². The first kappa shape index (κ1) is 14.3. The number of aromatic amines is 1. The number of nitrogens with zero attached hydrogens (tertiary/aromatic N) is 2. The van der Waals surface area contributed by atoms with Gasteiger partial charge in [0.2, 0.25) is 0 Å². The topological polar surface area (TPSA) is 59.9 Å². The van der Waals surface area contributed by atoms with Crippen molar-refractivity contribution in [2.24, 2.45) is 0 Å². The van der Waals surface area contributed by atoms with Crippen LogP contribution in [0, 0.1) is 12.7 Å². The first-order valence-corrected chi connectivity index (χ1v) is 6.80. The summed E-state index contributed by atoms with van der Waals surface area (Å²) in [6.45, 7) is 1.71. The zero-order valence-corrected chi connectivity index (χ0v) is 12.3. The Labute approximate surface area is 129 Å². The van der Waals surface area contributed by atoms with E-state index >= 15 is 0 Å². The van der Waals surface area contributed by atoms with Gasteiger partial charge in [-0.2, -0.15) is 5.10 Å². The summed E-state index contributed by atoms with van der Waals surface area (Å²) in [5.41, 5.74) is 0.308. The van der Waals surface area contributed by atoms with Gasteiger partial charge < -0.3 is 4.74 Å². The van der Waals surface area contributed by atoms with E-state index in [-0.39, 0.29) is 16.5 Å². The van der Waals surface area contributed by atoms with Gasteiger partial charge in [0.15, 0.2) is 11.6 Å². The number of nitrogens with one attached hydrogen (secondary N) is 1. The molecule has 0 amide bonds. The zero-order chi connectivity index (χ0) is 15.7. The minimum absolute atomic E-state index is 0.00491. The molecule has 1 N–H and O–H groups in total. The minimum Gasteiger partial charge on any atom is -0.454 e. The number of aromatic nitrogens is 3. The van der Waals surface area contributed by atoms with Crippen LogP contribution in [0.3, 0.4) is 0 Å². The number of ether oxygens (including phenoxy) is 1. The number of rotatable bonds is 3. The number of aryl methyl sites for hydroxylation is 1. The molecule has 0 unspecified atom stereocenters. The first-order chi connectivity index (χ1) is 10.6. The molecule has 1 heterocycles. The van der Waals surface area contributed by atoms with Crippen molar-refractivity contribution in [2.45, 2.75) is 6.92 Å². The molecule has 0 aliphatic carbocycles. The van der Waals surface area contributed by atoms with Gasteiger partial charge >= 0.3 is 5.69 Å². The van der Waals surface area contributed by atoms with Crippen molar-refractivity contribution in [3.05, 3.63) is 69.6 Å². The molecule has 0 aliphatic heterocycles. The summed E-state index contributed by atoms with van der Waals surface area (Å²) < 4.78 is 20.7. The average Bonchev–Trinajstić information content (AvgIpc) is 2.84. The molecular weight excluding hydrogens is 309 g/mol. The molecule has 5 nitrogen and oxygen atoms in total.